The fourth-order valence-electron chi connectivity index (χ4n) is 1.36. The van der Waals surface area contributed by atoms with Crippen molar-refractivity contribution in [3.8, 4) is 0 Å². The minimum atomic E-state index is -4.07. The van der Waals surface area contributed by atoms with Crippen LogP contribution in [0.3, 0.4) is 0 Å². The Kier molecular flexibility index (Phi) is 7.78. The standard InChI is InChI=1S/C10H21F3N2/c1-3-14-7-5-6-8-15(4-2)9-10(11,12)13/h14H,3-9H2,1-2H3. The predicted octanol–water partition coefficient (Wildman–Crippen LogP) is 2.26. The molecule has 0 radical (unpaired) electrons. The minimum absolute atomic E-state index is 0.459. The molecule has 0 rings (SSSR count). The van der Waals surface area contributed by atoms with Crippen molar-refractivity contribution >= 4 is 0 Å². The summed E-state index contributed by atoms with van der Waals surface area (Å²) in [4.78, 5) is 1.44. The molecule has 0 atom stereocenters. The van der Waals surface area contributed by atoms with Crippen LogP contribution in [0.2, 0.25) is 0 Å². The van der Waals surface area contributed by atoms with Gasteiger partial charge in [-0.1, -0.05) is 13.8 Å². The van der Waals surface area contributed by atoms with Crippen molar-refractivity contribution in [2.75, 3.05) is 32.7 Å². The average Bonchev–Trinajstić information content (AvgIpc) is 2.14. The molecule has 5 heteroatoms. The van der Waals surface area contributed by atoms with Crippen LogP contribution in [0.25, 0.3) is 0 Å². The molecule has 0 aromatic heterocycles. The second-order valence-corrected chi connectivity index (χ2v) is 3.54. The second-order valence-electron chi connectivity index (χ2n) is 3.54. The fraction of sp³-hybridized carbons (Fsp3) is 1.00. The van der Waals surface area contributed by atoms with Crippen LogP contribution < -0.4 is 5.32 Å². The highest BCUT2D eigenvalue weighted by molar-refractivity contribution is 4.62. The van der Waals surface area contributed by atoms with Gasteiger partial charge in [-0.3, -0.25) is 4.90 Å². The molecule has 0 aliphatic heterocycles. The molecule has 0 aliphatic carbocycles. The van der Waals surface area contributed by atoms with E-state index in [0.29, 0.717) is 13.1 Å². The molecule has 0 unspecified atom stereocenters. The molecule has 92 valence electrons. The van der Waals surface area contributed by atoms with E-state index in [-0.39, 0.29) is 0 Å². The summed E-state index contributed by atoms with van der Waals surface area (Å²) in [6, 6.07) is 0. The lowest BCUT2D eigenvalue weighted by molar-refractivity contribution is -0.145. The van der Waals surface area contributed by atoms with Crippen LogP contribution in [0.5, 0.6) is 0 Å². The molecule has 0 aliphatic rings. The molecule has 0 saturated heterocycles. The maximum atomic E-state index is 12.1. The van der Waals surface area contributed by atoms with Gasteiger partial charge in [-0.2, -0.15) is 13.2 Å². The van der Waals surface area contributed by atoms with E-state index in [9.17, 15) is 13.2 Å². The van der Waals surface area contributed by atoms with Crippen molar-refractivity contribution in [2.45, 2.75) is 32.9 Å². The van der Waals surface area contributed by atoms with Gasteiger partial charge in [-0.25, -0.2) is 0 Å². The van der Waals surface area contributed by atoms with Gasteiger partial charge in [0.1, 0.15) is 0 Å². The number of halogens is 3. The van der Waals surface area contributed by atoms with Crippen molar-refractivity contribution in [1.82, 2.24) is 10.2 Å². The van der Waals surface area contributed by atoms with Crippen LogP contribution in [0.1, 0.15) is 26.7 Å². The van der Waals surface area contributed by atoms with Gasteiger partial charge in [0.15, 0.2) is 0 Å². The first-order valence-corrected chi connectivity index (χ1v) is 5.49. The normalized spacial score (nSPS) is 12.4. The summed E-state index contributed by atoms with van der Waals surface area (Å²) in [6.45, 7) is 5.78. The topological polar surface area (TPSA) is 15.3 Å². The largest absolute Gasteiger partial charge is 0.401 e. The Morgan fingerprint density at radius 2 is 1.80 bits per heavy atom. The van der Waals surface area contributed by atoms with E-state index >= 15 is 0 Å². The maximum absolute atomic E-state index is 12.1. The van der Waals surface area contributed by atoms with E-state index in [1.54, 1.807) is 6.92 Å². The molecule has 0 heterocycles. The number of unbranched alkanes of at least 4 members (excludes halogenated alkanes) is 1. The molecule has 0 aromatic carbocycles. The first-order valence-electron chi connectivity index (χ1n) is 5.49. The molecule has 0 bridgehead atoms. The van der Waals surface area contributed by atoms with Crippen LogP contribution in [-0.2, 0) is 0 Å². The third-order valence-electron chi connectivity index (χ3n) is 2.18. The van der Waals surface area contributed by atoms with Crippen LogP contribution in [0.4, 0.5) is 13.2 Å². The summed E-state index contributed by atoms with van der Waals surface area (Å²) in [5, 5.41) is 3.15. The lowest BCUT2D eigenvalue weighted by Crippen LogP contribution is -2.35. The molecule has 0 amide bonds. The van der Waals surface area contributed by atoms with E-state index in [4.69, 9.17) is 0 Å². The van der Waals surface area contributed by atoms with Gasteiger partial charge in [0, 0.05) is 0 Å². The Bertz CT molecular complexity index is 148. The van der Waals surface area contributed by atoms with Gasteiger partial charge in [-0.15, -0.1) is 0 Å². The maximum Gasteiger partial charge on any atom is 0.401 e. The Morgan fingerprint density at radius 3 is 2.27 bits per heavy atom. The van der Waals surface area contributed by atoms with Crippen LogP contribution in [-0.4, -0.2) is 43.8 Å². The zero-order valence-corrected chi connectivity index (χ0v) is 9.53. The Labute approximate surface area is 89.8 Å². The second kappa shape index (κ2) is 7.93. The number of nitrogens with zero attached hydrogens (tertiary/aromatic N) is 1. The van der Waals surface area contributed by atoms with Crippen LogP contribution in [0.15, 0.2) is 0 Å². The predicted molar refractivity (Wildman–Crippen MR) is 55.9 cm³/mol. The number of nitrogens with one attached hydrogen (secondary N) is 1. The summed E-state index contributed by atoms with van der Waals surface area (Å²) in [5.74, 6) is 0. The molecule has 0 fully saturated rings. The van der Waals surface area contributed by atoms with Crippen LogP contribution >= 0.6 is 0 Å². The first-order chi connectivity index (χ1) is 6.99. The molecule has 1 N–H and O–H groups in total. The van der Waals surface area contributed by atoms with Crippen molar-refractivity contribution in [3.63, 3.8) is 0 Å². The molecular formula is C10H21F3N2. The molecule has 0 saturated carbocycles. The van der Waals surface area contributed by atoms with Crippen molar-refractivity contribution in [2.24, 2.45) is 0 Å². The highest BCUT2D eigenvalue weighted by Gasteiger charge is 2.29. The summed E-state index contributed by atoms with van der Waals surface area (Å²) in [7, 11) is 0. The van der Waals surface area contributed by atoms with E-state index in [2.05, 4.69) is 5.32 Å². The van der Waals surface area contributed by atoms with Gasteiger partial charge in [-0.05, 0) is 39.0 Å². The molecule has 0 spiro atoms. The average molecular weight is 226 g/mol. The van der Waals surface area contributed by atoms with E-state index in [0.717, 1.165) is 25.9 Å². The molecule has 0 aromatic rings. The first kappa shape index (κ1) is 14.7. The zero-order chi connectivity index (χ0) is 11.7. The lowest BCUT2D eigenvalue weighted by atomic mass is 10.3. The van der Waals surface area contributed by atoms with Crippen LogP contribution in [0, 0.1) is 0 Å². The van der Waals surface area contributed by atoms with Crippen molar-refractivity contribution in [1.29, 1.82) is 0 Å². The van der Waals surface area contributed by atoms with Gasteiger partial charge >= 0.3 is 6.18 Å². The van der Waals surface area contributed by atoms with E-state index < -0.39 is 12.7 Å². The van der Waals surface area contributed by atoms with Crippen molar-refractivity contribution in [3.05, 3.63) is 0 Å². The quantitative estimate of drug-likeness (QED) is 0.639. The molecular weight excluding hydrogens is 205 g/mol. The Balaban J connectivity index is 3.53. The SMILES string of the molecule is CCNCCCCN(CC)CC(F)(F)F. The number of alkyl halides is 3. The van der Waals surface area contributed by atoms with Gasteiger partial charge in [0.2, 0.25) is 0 Å². The Hall–Kier alpha value is -0.290. The lowest BCUT2D eigenvalue weighted by Gasteiger charge is -2.21. The Morgan fingerprint density at radius 1 is 1.13 bits per heavy atom. The van der Waals surface area contributed by atoms with E-state index in [1.807, 2.05) is 6.92 Å². The van der Waals surface area contributed by atoms with Crippen molar-refractivity contribution < 1.29 is 13.2 Å². The number of hydrogen-bond acceptors (Lipinski definition) is 2. The van der Waals surface area contributed by atoms with Gasteiger partial charge in [0.05, 0.1) is 6.54 Å². The highest BCUT2D eigenvalue weighted by Crippen LogP contribution is 2.16. The zero-order valence-electron chi connectivity index (χ0n) is 9.53. The molecule has 2 nitrogen and oxygen atoms in total. The highest BCUT2D eigenvalue weighted by atomic mass is 19.4. The summed E-state index contributed by atoms with van der Waals surface area (Å²) < 4.78 is 36.2. The van der Waals surface area contributed by atoms with Gasteiger partial charge < -0.3 is 5.32 Å². The number of hydrogen-bond donors (Lipinski definition) is 1. The summed E-state index contributed by atoms with van der Waals surface area (Å²) in [6.07, 6.45) is -2.32. The minimum Gasteiger partial charge on any atom is -0.317 e. The molecule has 15 heavy (non-hydrogen) atoms. The summed E-state index contributed by atoms with van der Waals surface area (Å²) in [5.41, 5.74) is 0. The summed E-state index contributed by atoms with van der Waals surface area (Å²) >= 11 is 0. The number of rotatable bonds is 8. The fourth-order valence-corrected chi connectivity index (χ4v) is 1.36. The smallest absolute Gasteiger partial charge is 0.317 e. The monoisotopic (exact) mass is 226 g/mol. The third-order valence-corrected chi connectivity index (χ3v) is 2.18. The van der Waals surface area contributed by atoms with E-state index in [1.165, 1.54) is 4.90 Å². The third kappa shape index (κ3) is 10.0. The van der Waals surface area contributed by atoms with Gasteiger partial charge in [0.25, 0.3) is 0 Å².